The Kier molecular flexibility index (Phi) is 2.55. The van der Waals surface area contributed by atoms with E-state index in [-0.39, 0.29) is 6.04 Å². The van der Waals surface area contributed by atoms with Gasteiger partial charge in [0.25, 0.3) is 0 Å². The van der Waals surface area contributed by atoms with Crippen molar-refractivity contribution in [3.63, 3.8) is 0 Å². The molecule has 1 aliphatic heterocycles. The van der Waals surface area contributed by atoms with Crippen LogP contribution in [0.25, 0.3) is 0 Å². The summed E-state index contributed by atoms with van der Waals surface area (Å²) in [7, 11) is 1.83. The van der Waals surface area contributed by atoms with E-state index in [1.54, 1.807) is 0 Å². The van der Waals surface area contributed by atoms with Crippen LogP contribution in [-0.4, -0.2) is 24.7 Å². The number of carbonyl (C=O) groups is 1. The molecule has 4 nitrogen and oxygen atoms in total. The number of hydrogen-bond acceptors (Lipinski definition) is 3. The molecule has 0 amide bonds. The number of fused-ring (bicyclic) bond motifs is 1. The molecule has 0 radical (unpaired) electrons. The van der Waals surface area contributed by atoms with E-state index in [4.69, 9.17) is 4.74 Å². The summed E-state index contributed by atoms with van der Waals surface area (Å²) >= 11 is 0. The van der Waals surface area contributed by atoms with Gasteiger partial charge in [-0.3, -0.25) is 4.79 Å². The van der Waals surface area contributed by atoms with Crippen LogP contribution < -0.4 is 10.1 Å². The zero-order valence-corrected chi connectivity index (χ0v) is 10.4. The Balaban J connectivity index is 1.95. The molecule has 0 spiro atoms. The predicted octanol–water partition coefficient (Wildman–Crippen LogP) is 1.75. The molecule has 1 aromatic rings. The highest BCUT2D eigenvalue weighted by Crippen LogP contribution is 2.55. The third-order valence-corrected chi connectivity index (χ3v) is 4.10. The Bertz CT molecular complexity index is 494. The minimum absolute atomic E-state index is 0.110. The van der Waals surface area contributed by atoms with Gasteiger partial charge in [-0.2, -0.15) is 0 Å². The van der Waals surface area contributed by atoms with Crippen molar-refractivity contribution in [3.8, 4) is 5.75 Å². The second kappa shape index (κ2) is 3.99. The van der Waals surface area contributed by atoms with Crippen molar-refractivity contribution < 1.29 is 14.6 Å². The molecule has 1 atom stereocenters. The summed E-state index contributed by atoms with van der Waals surface area (Å²) in [6.45, 7) is 0.729. The lowest BCUT2D eigenvalue weighted by Gasteiger charge is -2.24. The van der Waals surface area contributed by atoms with Gasteiger partial charge in [0.15, 0.2) is 0 Å². The molecule has 2 aliphatic rings. The van der Waals surface area contributed by atoms with Crippen LogP contribution in [0.2, 0.25) is 0 Å². The molecule has 1 fully saturated rings. The van der Waals surface area contributed by atoms with Gasteiger partial charge in [-0.05, 0) is 37.1 Å². The smallest absolute Gasteiger partial charge is 0.311 e. The van der Waals surface area contributed by atoms with Crippen LogP contribution in [0.4, 0.5) is 0 Å². The summed E-state index contributed by atoms with van der Waals surface area (Å²) < 4.78 is 5.48. The molecule has 1 aromatic carbocycles. The van der Waals surface area contributed by atoms with Crippen molar-refractivity contribution >= 4 is 5.97 Å². The molecule has 2 N–H and O–H groups in total. The molecular formula is C14H17NO3. The summed E-state index contributed by atoms with van der Waals surface area (Å²) in [5.41, 5.74) is 1.64. The highest BCUT2D eigenvalue weighted by atomic mass is 16.5. The van der Waals surface area contributed by atoms with Crippen LogP contribution in [0, 0.1) is 5.41 Å². The molecule has 0 saturated heterocycles. The van der Waals surface area contributed by atoms with Gasteiger partial charge < -0.3 is 15.2 Å². The number of hydrogen-bond donors (Lipinski definition) is 2. The van der Waals surface area contributed by atoms with Crippen molar-refractivity contribution in [1.82, 2.24) is 5.32 Å². The first-order valence-corrected chi connectivity index (χ1v) is 6.34. The lowest BCUT2D eigenvalue weighted by molar-refractivity contribution is -0.144. The fraction of sp³-hybridized carbons (Fsp3) is 0.500. The zero-order chi connectivity index (χ0) is 12.8. The topological polar surface area (TPSA) is 58.6 Å². The first-order valence-electron chi connectivity index (χ1n) is 6.34. The Morgan fingerprint density at radius 1 is 1.50 bits per heavy atom. The average molecular weight is 247 g/mol. The van der Waals surface area contributed by atoms with Gasteiger partial charge in [0.2, 0.25) is 0 Å². The predicted molar refractivity (Wildman–Crippen MR) is 66.7 cm³/mol. The second-order valence-electron chi connectivity index (χ2n) is 5.15. The summed E-state index contributed by atoms with van der Waals surface area (Å²) in [6, 6.07) is 5.92. The van der Waals surface area contributed by atoms with Crippen LogP contribution in [0.1, 0.15) is 30.0 Å². The Hall–Kier alpha value is -1.55. The minimum atomic E-state index is -0.696. The minimum Gasteiger partial charge on any atom is -0.493 e. The zero-order valence-electron chi connectivity index (χ0n) is 10.4. The lowest BCUT2D eigenvalue weighted by atomic mass is 9.89. The van der Waals surface area contributed by atoms with Gasteiger partial charge in [-0.1, -0.05) is 12.1 Å². The van der Waals surface area contributed by atoms with Crippen molar-refractivity contribution in [2.45, 2.75) is 25.3 Å². The molecule has 1 unspecified atom stereocenters. The van der Waals surface area contributed by atoms with Crippen LogP contribution >= 0.6 is 0 Å². The molecule has 1 saturated carbocycles. The van der Waals surface area contributed by atoms with Gasteiger partial charge >= 0.3 is 5.97 Å². The van der Waals surface area contributed by atoms with Crippen LogP contribution in [0.15, 0.2) is 18.2 Å². The number of aliphatic carboxylic acids is 1. The standard InChI is InChI=1S/C14H17NO3/c1-15-12(14(5-6-14)13(16)17)10-2-3-11-9(8-10)4-7-18-11/h2-3,8,12,15H,4-7H2,1H3,(H,16,17). The molecule has 0 aromatic heterocycles. The molecule has 3 rings (SSSR count). The van der Waals surface area contributed by atoms with Crippen LogP contribution in [-0.2, 0) is 11.2 Å². The maximum Gasteiger partial charge on any atom is 0.311 e. The van der Waals surface area contributed by atoms with E-state index >= 15 is 0 Å². The van der Waals surface area contributed by atoms with Gasteiger partial charge in [0, 0.05) is 12.5 Å². The molecule has 0 bridgehead atoms. The van der Waals surface area contributed by atoms with Gasteiger partial charge in [0.05, 0.1) is 12.0 Å². The number of carboxylic acid groups (broad SMARTS) is 1. The molecule has 96 valence electrons. The monoisotopic (exact) mass is 247 g/mol. The Morgan fingerprint density at radius 2 is 2.28 bits per heavy atom. The van der Waals surface area contributed by atoms with E-state index in [1.807, 2.05) is 19.2 Å². The largest absolute Gasteiger partial charge is 0.493 e. The van der Waals surface area contributed by atoms with Crippen LogP contribution in [0.3, 0.4) is 0 Å². The summed E-state index contributed by atoms with van der Waals surface area (Å²) in [4.78, 5) is 11.4. The molecule has 4 heteroatoms. The maximum atomic E-state index is 11.4. The van der Waals surface area contributed by atoms with E-state index in [0.29, 0.717) is 0 Å². The highest BCUT2D eigenvalue weighted by molar-refractivity contribution is 5.79. The van der Waals surface area contributed by atoms with Gasteiger partial charge in [0.1, 0.15) is 5.75 Å². The fourth-order valence-electron chi connectivity index (χ4n) is 2.91. The van der Waals surface area contributed by atoms with Crippen molar-refractivity contribution in [3.05, 3.63) is 29.3 Å². The summed E-state index contributed by atoms with van der Waals surface area (Å²) in [5.74, 6) is 0.243. The maximum absolute atomic E-state index is 11.4. The van der Waals surface area contributed by atoms with E-state index in [2.05, 4.69) is 11.4 Å². The number of nitrogens with one attached hydrogen (secondary N) is 1. The third-order valence-electron chi connectivity index (χ3n) is 4.10. The number of rotatable bonds is 4. The first-order chi connectivity index (χ1) is 8.67. The number of benzene rings is 1. The number of carboxylic acids is 1. The third kappa shape index (κ3) is 1.60. The van der Waals surface area contributed by atoms with Crippen molar-refractivity contribution in [1.29, 1.82) is 0 Å². The Morgan fingerprint density at radius 3 is 2.89 bits per heavy atom. The SMILES string of the molecule is CNC(c1ccc2c(c1)CCO2)C1(C(=O)O)CC1. The Labute approximate surface area is 106 Å². The van der Waals surface area contributed by atoms with E-state index in [0.717, 1.165) is 37.2 Å². The van der Waals surface area contributed by atoms with Crippen LogP contribution in [0.5, 0.6) is 5.75 Å². The molecular weight excluding hydrogens is 230 g/mol. The average Bonchev–Trinajstić information content (AvgIpc) is 3.02. The first kappa shape index (κ1) is 11.5. The molecule has 18 heavy (non-hydrogen) atoms. The molecule has 1 aliphatic carbocycles. The van der Waals surface area contributed by atoms with Crippen molar-refractivity contribution in [2.24, 2.45) is 5.41 Å². The fourth-order valence-corrected chi connectivity index (χ4v) is 2.91. The van der Waals surface area contributed by atoms with E-state index in [9.17, 15) is 9.90 Å². The van der Waals surface area contributed by atoms with Gasteiger partial charge in [-0.15, -0.1) is 0 Å². The van der Waals surface area contributed by atoms with Crippen molar-refractivity contribution in [2.75, 3.05) is 13.7 Å². The lowest BCUT2D eigenvalue weighted by Crippen LogP contribution is -2.32. The summed E-state index contributed by atoms with van der Waals surface area (Å²) in [6.07, 6.45) is 2.42. The van der Waals surface area contributed by atoms with Gasteiger partial charge in [-0.25, -0.2) is 0 Å². The van der Waals surface area contributed by atoms with E-state index < -0.39 is 11.4 Å². The second-order valence-corrected chi connectivity index (χ2v) is 5.15. The van der Waals surface area contributed by atoms with E-state index in [1.165, 1.54) is 5.56 Å². The summed E-state index contributed by atoms with van der Waals surface area (Å²) in [5, 5.41) is 12.6. The normalized spacial score (nSPS) is 20.9. The molecule has 1 heterocycles. The highest BCUT2D eigenvalue weighted by Gasteiger charge is 2.56. The number of ether oxygens (including phenoxy) is 1. The quantitative estimate of drug-likeness (QED) is 0.851.